The number of carbonyl (C=O) groups excluding carboxylic acids is 1. The van der Waals surface area contributed by atoms with Crippen LogP contribution in [0.25, 0.3) is 0 Å². The number of hydrogen-bond acceptors (Lipinski definition) is 5. The first-order valence-corrected chi connectivity index (χ1v) is 15.7. The van der Waals surface area contributed by atoms with E-state index in [0.29, 0.717) is 6.42 Å². The van der Waals surface area contributed by atoms with Crippen molar-refractivity contribution < 1.29 is 18.8 Å². The maximum absolute atomic E-state index is 12.0. The molecule has 27 heavy (non-hydrogen) atoms. The number of hydrazine groups is 1. The first-order chi connectivity index (χ1) is 11.9. The number of amides is 1. The van der Waals surface area contributed by atoms with Crippen molar-refractivity contribution in [1.82, 2.24) is 10.4 Å². The van der Waals surface area contributed by atoms with E-state index in [0.717, 1.165) is 0 Å². The molecule has 1 rings (SSSR count). The molecule has 6 nitrogen and oxygen atoms in total. The number of nitrogens with one attached hydrogen (secondary N) is 1. The van der Waals surface area contributed by atoms with Crippen molar-refractivity contribution in [3.63, 3.8) is 0 Å². The molecule has 1 aliphatic rings. The summed E-state index contributed by atoms with van der Waals surface area (Å²) < 4.78 is 12.8. The highest BCUT2D eigenvalue weighted by molar-refractivity contribution is 6.74. The lowest BCUT2D eigenvalue weighted by Crippen LogP contribution is -2.56. The summed E-state index contributed by atoms with van der Waals surface area (Å²) in [5, 5.41) is 12.6. The lowest BCUT2D eigenvalue weighted by molar-refractivity contribution is -0.128. The second kappa shape index (κ2) is 8.24. The molecule has 1 heterocycles. The average molecular weight is 419 g/mol. The van der Waals surface area contributed by atoms with Gasteiger partial charge in [0, 0.05) is 13.5 Å². The fourth-order valence-electron chi connectivity index (χ4n) is 2.43. The normalized spacial score (nSPS) is 22.3. The van der Waals surface area contributed by atoms with Crippen LogP contribution < -0.4 is 5.43 Å². The van der Waals surface area contributed by atoms with Crippen molar-refractivity contribution in [2.75, 3.05) is 13.7 Å². The molecule has 1 saturated heterocycles. The van der Waals surface area contributed by atoms with Gasteiger partial charge in [0.05, 0.1) is 18.8 Å². The summed E-state index contributed by atoms with van der Waals surface area (Å²) in [7, 11) is -2.39. The van der Waals surface area contributed by atoms with E-state index in [2.05, 4.69) is 73.2 Å². The van der Waals surface area contributed by atoms with Crippen LogP contribution in [0.2, 0.25) is 36.3 Å². The van der Waals surface area contributed by atoms with Crippen molar-refractivity contribution in [1.29, 1.82) is 0 Å². The van der Waals surface area contributed by atoms with Gasteiger partial charge in [0.1, 0.15) is 6.10 Å². The topological polar surface area (TPSA) is 71.0 Å². The highest BCUT2D eigenvalue weighted by atomic mass is 28.4. The molecule has 0 aromatic carbocycles. The van der Waals surface area contributed by atoms with Crippen LogP contribution in [0.15, 0.2) is 0 Å². The standard InChI is InChI=1S/C19H42N2O4Si2/c1-18(2,3)26(8,9)24-13-15(22)17(14-12-16(23)21(7)20-14)25-27(10,11)19(4,5)6/h14-15,17,20,22H,12-13H2,1-11H3/t14-,15+,17-/m0/s1. The summed E-state index contributed by atoms with van der Waals surface area (Å²) in [6.07, 6.45) is -0.943. The van der Waals surface area contributed by atoms with Crippen LogP contribution >= 0.6 is 0 Å². The smallest absolute Gasteiger partial charge is 0.238 e. The third-order valence-electron chi connectivity index (χ3n) is 6.56. The van der Waals surface area contributed by atoms with Crippen molar-refractivity contribution in [2.24, 2.45) is 0 Å². The molecule has 8 heteroatoms. The molecule has 0 aromatic heterocycles. The van der Waals surface area contributed by atoms with E-state index in [1.807, 2.05) is 0 Å². The Morgan fingerprint density at radius 1 is 1.11 bits per heavy atom. The molecule has 0 bridgehead atoms. The fourth-order valence-corrected chi connectivity index (χ4v) is 4.81. The van der Waals surface area contributed by atoms with Crippen LogP contribution in [0.4, 0.5) is 0 Å². The zero-order chi connectivity index (χ0) is 21.4. The quantitative estimate of drug-likeness (QED) is 0.619. The van der Waals surface area contributed by atoms with Gasteiger partial charge in [-0.2, -0.15) is 0 Å². The van der Waals surface area contributed by atoms with E-state index in [9.17, 15) is 9.90 Å². The first kappa shape index (κ1) is 24.8. The Kier molecular flexibility index (Phi) is 7.56. The minimum absolute atomic E-state index is 0.0137. The molecule has 0 radical (unpaired) electrons. The molecule has 1 amide bonds. The van der Waals surface area contributed by atoms with Gasteiger partial charge in [-0.15, -0.1) is 0 Å². The number of aliphatic hydroxyl groups is 1. The molecule has 0 aromatic rings. The van der Waals surface area contributed by atoms with Crippen molar-refractivity contribution in [2.45, 2.75) is 102 Å². The summed E-state index contributed by atoms with van der Waals surface area (Å²) in [4.78, 5) is 12.0. The van der Waals surface area contributed by atoms with Gasteiger partial charge in [0.25, 0.3) is 0 Å². The Bertz CT molecular complexity index is 527. The second-order valence-corrected chi connectivity index (χ2v) is 20.4. The summed E-state index contributed by atoms with van der Waals surface area (Å²) in [5.74, 6) is 0.0151. The number of aliphatic hydroxyl groups excluding tert-OH is 1. The number of hydrogen-bond donors (Lipinski definition) is 2. The van der Waals surface area contributed by atoms with Gasteiger partial charge in [-0.05, 0) is 36.3 Å². The third-order valence-corrected chi connectivity index (χ3v) is 15.5. The van der Waals surface area contributed by atoms with Crippen molar-refractivity contribution in [3.8, 4) is 0 Å². The molecule has 0 saturated carbocycles. The third kappa shape index (κ3) is 6.11. The van der Waals surface area contributed by atoms with Gasteiger partial charge in [0.15, 0.2) is 16.6 Å². The second-order valence-electron chi connectivity index (χ2n) is 10.9. The Morgan fingerprint density at radius 2 is 1.59 bits per heavy atom. The maximum Gasteiger partial charge on any atom is 0.238 e. The van der Waals surface area contributed by atoms with E-state index in [1.54, 1.807) is 7.05 Å². The predicted octanol–water partition coefficient (Wildman–Crippen LogP) is 3.49. The monoisotopic (exact) mass is 418 g/mol. The average Bonchev–Trinajstić information content (AvgIpc) is 2.79. The SMILES string of the molecule is CN1N[C@H]([C@H](O[Si](C)(C)C(C)(C)C)[C@H](O)CO[Si](C)(C)C(C)(C)C)CC1=O. The summed E-state index contributed by atoms with van der Waals surface area (Å²) in [6.45, 7) is 22.0. The van der Waals surface area contributed by atoms with Crippen LogP contribution in [-0.4, -0.2) is 64.6 Å². The Hall–Kier alpha value is -0.256. The van der Waals surface area contributed by atoms with Gasteiger partial charge in [-0.1, -0.05) is 41.5 Å². The van der Waals surface area contributed by atoms with Crippen molar-refractivity contribution in [3.05, 3.63) is 0 Å². The van der Waals surface area contributed by atoms with E-state index in [1.165, 1.54) is 5.01 Å². The summed E-state index contributed by atoms with van der Waals surface area (Å²) >= 11 is 0. The van der Waals surface area contributed by atoms with E-state index < -0.39 is 28.8 Å². The molecule has 160 valence electrons. The largest absolute Gasteiger partial charge is 0.414 e. The van der Waals surface area contributed by atoms with Gasteiger partial charge in [0.2, 0.25) is 5.91 Å². The minimum atomic E-state index is -2.13. The predicted molar refractivity (Wildman–Crippen MR) is 116 cm³/mol. The van der Waals surface area contributed by atoms with Gasteiger partial charge >= 0.3 is 0 Å². The van der Waals surface area contributed by atoms with Gasteiger partial charge in [-0.25, -0.2) is 5.43 Å². The molecular weight excluding hydrogens is 376 g/mol. The van der Waals surface area contributed by atoms with Crippen LogP contribution in [-0.2, 0) is 13.6 Å². The number of nitrogens with zero attached hydrogens (tertiary/aromatic N) is 1. The molecule has 1 aliphatic heterocycles. The van der Waals surface area contributed by atoms with Crippen LogP contribution in [0.5, 0.6) is 0 Å². The van der Waals surface area contributed by atoms with Crippen LogP contribution in [0.3, 0.4) is 0 Å². The Balaban J connectivity index is 2.99. The molecule has 1 fully saturated rings. The number of rotatable bonds is 7. The molecule has 0 spiro atoms. The summed E-state index contributed by atoms with van der Waals surface area (Å²) in [5.41, 5.74) is 3.16. The number of carbonyl (C=O) groups is 1. The lowest BCUT2D eigenvalue weighted by Gasteiger charge is -2.43. The van der Waals surface area contributed by atoms with Crippen LogP contribution in [0.1, 0.15) is 48.0 Å². The minimum Gasteiger partial charge on any atom is -0.414 e. The Labute approximate surface area is 168 Å². The molecule has 0 aliphatic carbocycles. The zero-order valence-corrected chi connectivity index (χ0v) is 21.3. The van der Waals surface area contributed by atoms with Crippen LogP contribution in [0, 0.1) is 0 Å². The first-order valence-electron chi connectivity index (χ1n) is 9.91. The maximum atomic E-state index is 12.0. The molecular formula is C19H42N2O4Si2. The molecule has 0 unspecified atom stereocenters. The highest BCUT2D eigenvalue weighted by Gasteiger charge is 2.46. The van der Waals surface area contributed by atoms with Gasteiger partial charge < -0.3 is 14.0 Å². The van der Waals surface area contributed by atoms with E-state index in [-0.39, 0.29) is 28.6 Å². The molecule has 3 atom stereocenters. The molecule has 2 N–H and O–H groups in total. The fraction of sp³-hybridized carbons (Fsp3) is 0.947. The zero-order valence-electron chi connectivity index (χ0n) is 19.3. The Morgan fingerprint density at radius 3 is 1.96 bits per heavy atom. The lowest BCUT2D eigenvalue weighted by atomic mass is 10.0. The van der Waals surface area contributed by atoms with E-state index >= 15 is 0 Å². The summed E-state index contributed by atoms with van der Waals surface area (Å²) in [6, 6.07) is -0.241. The van der Waals surface area contributed by atoms with Gasteiger partial charge in [-0.3, -0.25) is 9.80 Å². The van der Waals surface area contributed by atoms with E-state index in [4.69, 9.17) is 8.85 Å². The van der Waals surface area contributed by atoms with Crippen molar-refractivity contribution >= 4 is 22.5 Å². The highest BCUT2D eigenvalue weighted by Crippen LogP contribution is 2.39.